The number of carbonyl (C=O) groups is 3. The molecule has 0 spiro atoms. The third-order valence-corrected chi connectivity index (χ3v) is 2.70. The minimum atomic E-state index is -1.08. The van der Waals surface area contributed by atoms with Gasteiger partial charge in [-0.1, -0.05) is 6.92 Å². The smallest absolute Gasteiger partial charge is 0.326 e. The second-order valence-electron chi connectivity index (χ2n) is 3.66. The maximum absolute atomic E-state index is 11.6. The molecule has 0 bridgehead atoms. The number of aliphatic carboxylic acids is 1. The van der Waals surface area contributed by atoms with Gasteiger partial charge in [0, 0.05) is 0 Å². The molecule has 16 heavy (non-hydrogen) atoms. The van der Waals surface area contributed by atoms with Gasteiger partial charge in [-0.2, -0.15) is 0 Å². The summed E-state index contributed by atoms with van der Waals surface area (Å²) in [7, 11) is 0. The molecule has 0 aromatic carbocycles. The number of carboxylic acids is 1. The lowest BCUT2D eigenvalue weighted by atomic mass is 10.2. The first-order chi connectivity index (χ1) is 7.54. The first-order valence-corrected chi connectivity index (χ1v) is 4.93. The lowest BCUT2D eigenvalue weighted by Crippen LogP contribution is -2.51. The molecule has 2 rings (SSSR count). The highest BCUT2D eigenvalue weighted by atomic mass is 16.4. The lowest BCUT2D eigenvalue weighted by Gasteiger charge is -2.26. The number of amides is 4. The number of rotatable bonds is 3. The quantitative estimate of drug-likeness (QED) is 0.488. The van der Waals surface area contributed by atoms with Crippen LogP contribution in [0.5, 0.6) is 0 Å². The van der Waals surface area contributed by atoms with Gasteiger partial charge in [-0.25, -0.2) is 14.4 Å². The van der Waals surface area contributed by atoms with E-state index in [-0.39, 0.29) is 6.42 Å². The molecule has 8 nitrogen and oxygen atoms in total. The van der Waals surface area contributed by atoms with Gasteiger partial charge in [0.1, 0.15) is 18.4 Å². The SMILES string of the molecule is CC[C@H](C(=O)O)N1C(=O)N[C@@H]2NC(=O)N[C@@H]21. The summed E-state index contributed by atoms with van der Waals surface area (Å²) in [5.74, 6) is -1.08. The molecule has 2 fully saturated rings. The van der Waals surface area contributed by atoms with Crippen molar-refractivity contribution in [2.45, 2.75) is 31.7 Å². The van der Waals surface area contributed by atoms with E-state index in [4.69, 9.17) is 5.11 Å². The number of hydrogen-bond acceptors (Lipinski definition) is 3. The van der Waals surface area contributed by atoms with Crippen molar-refractivity contribution in [2.24, 2.45) is 0 Å². The summed E-state index contributed by atoms with van der Waals surface area (Å²) in [6, 6.07) is -1.84. The van der Waals surface area contributed by atoms with E-state index >= 15 is 0 Å². The van der Waals surface area contributed by atoms with Gasteiger partial charge in [-0.3, -0.25) is 4.90 Å². The zero-order valence-electron chi connectivity index (χ0n) is 8.56. The van der Waals surface area contributed by atoms with Crippen molar-refractivity contribution in [1.29, 1.82) is 0 Å². The van der Waals surface area contributed by atoms with Gasteiger partial charge in [0.15, 0.2) is 0 Å². The molecular formula is C8H12N4O4. The van der Waals surface area contributed by atoms with Crippen molar-refractivity contribution in [1.82, 2.24) is 20.9 Å². The van der Waals surface area contributed by atoms with Gasteiger partial charge in [0.25, 0.3) is 0 Å². The molecule has 4 N–H and O–H groups in total. The molecule has 0 saturated carbocycles. The summed E-state index contributed by atoms with van der Waals surface area (Å²) in [5.41, 5.74) is 0. The Hall–Kier alpha value is -1.99. The van der Waals surface area contributed by atoms with Crippen LogP contribution in [-0.4, -0.2) is 46.4 Å². The molecule has 0 unspecified atom stereocenters. The molecule has 2 aliphatic rings. The fraction of sp³-hybridized carbons (Fsp3) is 0.625. The van der Waals surface area contributed by atoms with Gasteiger partial charge >= 0.3 is 18.0 Å². The molecule has 0 aliphatic carbocycles. The normalized spacial score (nSPS) is 29.2. The summed E-state index contributed by atoms with van der Waals surface area (Å²) in [6.45, 7) is 1.67. The van der Waals surface area contributed by atoms with E-state index in [0.29, 0.717) is 0 Å². The van der Waals surface area contributed by atoms with E-state index in [1.807, 2.05) is 0 Å². The van der Waals surface area contributed by atoms with Gasteiger partial charge in [0.2, 0.25) is 0 Å². The van der Waals surface area contributed by atoms with Crippen LogP contribution in [0.15, 0.2) is 0 Å². The van der Waals surface area contributed by atoms with E-state index in [9.17, 15) is 14.4 Å². The van der Waals surface area contributed by atoms with Crippen LogP contribution in [0.25, 0.3) is 0 Å². The first-order valence-electron chi connectivity index (χ1n) is 4.93. The summed E-state index contributed by atoms with van der Waals surface area (Å²) in [6.07, 6.45) is -0.920. The van der Waals surface area contributed by atoms with E-state index in [1.54, 1.807) is 6.92 Å². The van der Waals surface area contributed by atoms with Crippen LogP contribution in [0.3, 0.4) is 0 Å². The number of carboxylic acid groups (broad SMARTS) is 1. The minimum Gasteiger partial charge on any atom is -0.480 e. The Morgan fingerprint density at radius 3 is 2.69 bits per heavy atom. The number of fused-ring (bicyclic) bond motifs is 1. The summed E-state index contributed by atoms with van der Waals surface area (Å²) in [4.78, 5) is 34.7. The number of nitrogens with zero attached hydrogens (tertiary/aromatic N) is 1. The van der Waals surface area contributed by atoms with Crippen LogP contribution >= 0.6 is 0 Å². The van der Waals surface area contributed by atoms with E-state index in [2.05, 4.69) is 16.0 Å². The number of nitrogens with one attached hydrogen (secondary N) is 3. The molecule has 0 aromatic rings. The average Bonchev–Trinajstić information content (AvgIpc) is 2.65. The molecule has 4 amide bonds. The lowest BCUT2D eigenvalue weighted by molar-refractivity contribution is -0.142. The van der Waals surface area contributed by atoms with Gasteiger partial charge in [0.05, 0.1) is 0 Å². The Morgan fingerprint density at radius 1 is 1.44 bits per heavy atom. The Labute approximate surface area is 91.0 Å². The third-order valence-electron chi connectivity index (χ3n) is 2.70. The Kier molecular flexibility index (Phi) is 2.33. The number of hydrogen-bond donors (Lipinski definition) is 4. The Morgan fingerprint density at radius 2 is 2.12 bits per heavy atom. The van der Waals surface area contributed by atoms with Crippen LogP contribution in [0.1, 0.15) is 13.3 Å². The van der Waals surface area contributed by atoms with E-state index < -0.39 is 36.4 Å². The minimum absolute atomic E-state index is 0.280. The van der Waals surface area contributed by atoms with E-state index in [1.165, 1.54) is 0 Å². The van der Waals surface area contributed by atoms with Crippen molar-refractivity contribution < 1.29 is 19.5 Å². The fourth-order valence-corrected chi connectivity index (χ4v) is 1.98. The van der Waals surface area contributed by atoms with Crippen molar-refractivity contribution in [2.75, 3.05) is 0 Å². The molecule has 3 atom stereocenters. The van der Waals surface area contributed by atoms with Crippen LogP contribution < -0.4 is 16.0 Å². The predicted molar refractivity (Wildman–Crippen MR) is 51.3 cm³/mol. The van der Waals surface area contributed by atoms with Crippen molar-refractivity contribution in [3.8, 4) is 0 Å². The highest BCUT2D eigenvalue weighted by Gasteiger charge is 2.49. The van der Waals surface area contributed by atoms with Crippen LogP contribution in [0, 0.1) is 0 Å². The van der Waals surface area contributed by atoms with Crippen molar-refractivity contribution in [3.63, 3.8) is 0 Å². The zero-order valence-corrected chi connectivity index (χ0v) is 8.56. The summed E-state index contributed by atoms with van der Waals surface area (Å²) < 4.78 is 0. The highest BCUT2D eigenvalue weighted by molar-refractivity contribution is 5.88. The number of carbonyl (C=O) groups excluding carboxylic acids is 2. The standard InChI is InChI=1S/C8H12N4O4/c1-2-3(6(13)14)12-5-4(10-8(12)16)9-7(15)11-5/h3-5H,2H2,1H3,(H,10,16)(H,13,14)(H2,9,11,15)/t3-,4+,5-/m1/s1. The molecule has 0 radical (unpaired) electrons. The Balaban J connectivity index is 2.22. The van der Waals surface area contributed by atoms with Crippen LogP contribution in [0.2, 0.25) is 0 Å². The maximum Gasteiger partial charge on any atom is 0.326 e. The molecule has 2 heterocycles. The second-order valence-corrected chi connectivity index (χ2v) is 3.66. The average molecular weight is 228 g/mol. The summed E-state index contributed by atoms with van der Waals surface area (Å²) >= 11 is 0. The Bertz CT molecular complexity index is 358. The van der Waals surface area contributed by atoms with Crippen LogP contribution in [-0.2, 0) is 4.79 Å². The number of urea groups is 2. The molecule has 88 valence electrons. The van der Waals surface area contributed by atoms with Gasteiger partial charge in [-0.05, 0) is 6.42 Å². The fourth-order valence-electron chi connectivity index (χ4n) is 1.98. The second kappa shape index (κ2) is 3.54. The molecule has 2 saturated heterocycles. The largest absolute Gasteiger partial charge is 0.480 e. The van der Waals surface area contributed by atoms with E-state index in [0.717, 1.165) is 4.90 Å². The zero-order chi connectivity index (χ0) is 11.9. The topological polar surface area (TPSA) is 111 Å². The van der Waals surface area contributed by atoms with Gasteiger partial charge in [-0.15, -0.1) is 0 Å². The highest BCUT2D eigenvalue weighted by Crippen LogP contribution is 2.19. The molecule has 0 aromatic heterocycles. The summed E-state index contributed by atoms with van der Waals surface area (Å²) in [5, 5.41) is 16.5. The van der Waals surface area contributed by atoms with Crippen LogP contribution in [0.4, 0.5) is 9.59 Å². The van der Waals surface area contributed by atoms with Crippen molar-refractivity contribution in [3.05, 3.63) is 0 Å². The monoisotopic (exact) mass is 228 g/mol. The molecule has 8 heteroatoms. The third kappa shape index (κ3) is 1.42. The van der Waals surface area contributed by atoms with Crippen molar-refractivity contribution >= 4 is 18.0 Å². The molecular weight excluding hydrogens is 216 g/mol. The van der Waals surface area contributed by atoms with Gasteiger partial charge < -0.3 is 21.1 Å². The first kappa shape index (κ1) is 10.5. The molecule has 2 aliphatic heterocycles. The predicted octanol–water partition coefficient (Wildman–Crippen LogP) is -1.16. The maximum atomic E-state index is 11.6.